The molecule has 1 saturated heterocycles. The minimum atomic E-state index is 0. The Balaban J connectivity index is 0.00000128. The summed E-state index contributed by atoms with van der Waals surface area (Å²) in [5.74, 6) is 0.600. The van der Waals surface area contributed by atoms with Crippen LogP contribution < -0.4 is 10.1 Å². The Labute approximate surface area is 102 Å². The molecule has 1 aliphatic heterocycles. The van der Waals surface area contributed by atoms with Gasteiger partial charge in [0.05, 0.1) is 6.61 Å². The summed E-state index contributed by atoms with van der Waals surface area (Å²) in [7, 11) is 0. The van der Waals surface area contributed by atoms with Crippen molar-refractivity contribution in [3.05, 3.63) is 18.0 Å². The molecule has 0 spiro atoms. The number of aryl methyl sites for hydroxylation is 1. The summed E-state index contributed by atoms with van der Waals surface area (Å²) in [6, 6.07) is 2.37. The molecule has 90 valence electrons. The van der Waals surface area contributed by atoms with Gasteiger partial charge in [0.25, 0.3) is 0 Å². The first kappa shape index (κ1) is 13.2. The molecular formula is C11H18ClN3O. The van der Waals surface area contributed by atoms with Crippen LogP contribution in [0.15, 0.2) is 12.3 Å². The first-order valence-electron chi connectivity index (χ1n) is 5.48. The van der Waals surface area contributed by atoms with E-state index in [1.165, 1.54) is 12.8 Å². The summed E-state index contributed by atoms with van der Waals surface area (Å²) in [5, 5.41) is 3.36. The van der Waals surface area contributed by atoms with E-state index in [2.05, 4.69) is 15.3 Å². The zero-order valence-corrected chi connectivity index (χ0v) is 10.3. The molecule has 4 nitrogen and oxygen atoms in total. The van der Waals surface area contributed by atoms with Crippen molar-refractivity contribution in [3.8, 4) is 6.01 Å². The first-order valence-corrected chi connectivity index (χ1v) is 5.48. The van der Waals surface area contributed by atoms with E-state index >= 15 is 0 Å². The number of halogens is 1. The molecular weight excluding hydrogens is 226 g/mol. The summed E-state index contributed by atoms with van der Waals surface area (Å²) >= 11 is 0. The van der Waals surface area contributed by atoms with E-state index in [1.54, 1.807) is 6.20 Å². The second-order valence-electron chi connectivity index (χ2n) is 4.00. The van der Waals surface area contributed by atoms with Crippen molar-refractivity contribution in [2.24, 2.45) is 5.92 Å². The fraction of sp³-hybridized carbons (Fsp3) is 0.636. The van der Waals surface area contributed by atoms with Gasteiger partial charge in [0.2, 0.25) is 0 Å². The topological polar surface area (TPSA) is 47.0 Å². The Morgan fingerprint density at radius 3 is 3.12 bits per heavy atom. The second kappa shape index (κ2) is 6.66. The lowest BCUT2D eigenvalue weighted by Crippen LogP contribution is -2.33. The van der Waals surface area contributed by atoms with E-state index in [9.17, 15) is 0 Å². The average Bonchev–Trinajstić information content (AvgIpc) is 2.28. The predicted octanol–water partition coefficient (Wildman–Crippen LogP) is 1.59. The van der Waals surface area contributed by atoms with Crippen LogP contribution in [0.25, 0.3) is 0 Å². The lowest BCUT2D eigenvalue weighted by molar-refractivity contribution is 0.205. The van der Waals surface area contributed by atoms with Gasteiger partial charge in [-0.1, -0.05) is 0 Å². The van der Waals surface area contributed by atoms with Gasteiger partial charge in [0.1, 0.15) is 0 Å². The summed E-state index contributed by atoms with van der Waals surface area (Å²) in [5.41, 5.74) is 0.946. The van der Waals surface area contributed by atoms with Crippen LogP contribution in [-0.4, -0.2) is 29.7 Å². The van der Waals surface area contributed by atoms with Gasteiger partial charge in [-0.25, -0.2) is 9.97 Å². The Hall–Kier alpha value is -0.870. The van der Waals surface area contributed by atoms with Gasteiger partial charge in [-0.2, -0.15) is 0 Å². The van der Waals surface area contributed by atoms with Crippen LogP contribution in [-0.2, 0) is 0 Å². The normalized spacial score (nSPS) is 19.9. The van der Waals surface area contributed by atoms with Crippen LogP contribution >= 0.6 is 12.4 Å². The number of hydrogen-bond acceptors (Lipinski definition) is 4. The lowest BCUT2D eigenvalue weighted by Gasteiger charge is -2.22. The van der Waals surface area contributed by atoms with Crippen LogP contribution in [0.1, 0.15) is 18.5 Å². The second-order valence-corrected chi connectivity index (χ2v) is 4.00. The van der Waals surface area contributed by atoms with Gasteiger partial charge in [0.15, 0.2) is 0 Å². The Morgan fingerprint density at radius 2 is 2.44 bits per heavy atom. The zero-order chi connectivity index (χ0) is 10.5. The maximum Gasteiger partial charge on any atom is 0.316 e. The van der Waals surface area contributed by atoms with E-state index in [-0.39, 0.29) is 12.4 Å². The number of ether oxygens (including phenoxy) is 1. The monoisotopic (exact) mass is 243 g/mol. The Kier molecular flexibility index (Phi) is 5.49. The van der Waals surface area contributed by atoms with Gasteiger partial charge in [-0.3, -0.25) is 0 Å². The van der Waals surface area contributed by atoms with Crippen molar-refractivity contribution in [2.75, 3.05) is 19.7 Å². The lowest BCUT2D eigenvalue weighted by atomic mass is 10.0. The van der Waals surface area contributed by atoms with Crippen molar-refractivity contribution in [2.45, 2.75) is 19.8 Å². The molecule has 0 bridgehead atoms. The van der Waals surface area contributed by atoms with Crippen molar-refractivity contribution < 1.29 is 4.74 Å². The summed E-state index contributed by atoms with van der Waals surface area (Å²) in [6.07, 6.45) is 4.21. The summed E-state index contributed by atoms with van der Waals surface area (Å²) in [6.45, 7) is 4.84. The standard InChI is InChI=1S/C11H17N3O.ClH/c1-9-4-6-13-11(14-9)15-8-10-3-2-5-12-7-10;/h4,6,10,12H,2-3,5,7-8H2,1H3;1H. The van der Waals surface area contributed by atoms with Gasteiger partial charge < -0.3 is 10.1 Å². The highest BCUT2D eigenvalue weighted by Crippen LogP contribution is 2.11. The van der Waals surface area contributed by atoms with Crippen molar-refractivity contribution in [1.82, 2.24) is 15.3 Å². The van der Waals surface area contributed by atoms with Gasteiger partial charge >= 0.3 is 6.01 Å². The highest BCUT2D eigenvalue weighted by atomic mass is 35.5. The highest BCUT2D eigenvalue weighted by Gasteiger charge is 2.13. The molecule has 1 N–H and O–H groups in total. The Bertz CT molecular complexity index is 316. The smallest absolute Gasteiger partial charge is 0.316 e. The number of nitrogens with one attached hydrogen (secondary N) is 1. The SMILES string of the molecule is Cc1ccnc(OCC2CCCNC2)n1.Cl. The molecule has 0 aliphatic carbocycles. The molecule has 1 fully saturated rings. The van der Waals surface area contributed by atoms with E-state index in [0.29, 0.717) is 11.9 Å². The minimum Gasteiger partial charge on any atom is -0.463 e. The van der Waals surface area contributed by atoms with Crippen LogP contribution in [0.4, 0.5) is 0 Å². The highest BCUT2D eigenvalue weighted by molar-refractivity contribution is 5.85. The molecule has 0 radical (unpaired) electrons. The number of hydrogen-bond donors (Lipinski definition) is 1. The molecule has 1 aromatic heterocycles. The van der Waals surface area contributed by atoms with Gasteiger partial charge in [0, 0.05) is 24.4 Å². The molecule has 0 aromatic carbocycles. The van der Waals surface area contributed by atoms with Gasteiger partial charge in [-0.15, -0.1) is 12.4 Å². The van der Waals surface area contributed by atoms with Crippen LogP contribution in [0, 0.1) is 12.8 Å². The zero-order valence-electron chi connectivity index (χ0n) is 9.48. The molecule has 1 atom stereocenters. The molecule has 1 aliphatic rings. The molecule has 2 heterocycles. The number of nitrogens with zero attached hydrogens (tertiary/aromatic N) is 2. The van der Waals surface area contributed by atoms with Crippen molar-refractivity contribution >= 4 is 12.4 Å². The number of piperidine rings is 1. The molecule has 16 heavy (non-hydrogen) atoms. The quantitative estimate of drug-likeness (QED) is 0.876. The number of rotatable bonds is 3. The molecule has 2 rings (SSSR count). The van der Waals surface area contributed by atoms with E-state index in [1.807, 2.05) is 13.0 Å². The van der Waals surface area contributed by atoms with Crippen molar-refractivity contribution in [3.63, 3.8) is 0 Å². The largest absolute Gasteiger partial charge is 0.463 e. The molecule has 0 saturated carbocycles. The molecule has 5 heteroatoms. The van der Waals surface area contributed by atoms with E-state index in [4.69, 9.17) is 4.74 Å². The summed E-state index contributed by atoms with van der Waals surface area (Å²) < 4.78 is 5.56. The first-order chi connectivity index (χ1) is 7.34. The Morgan fingerprint density at radius 1 is 1.56 bits per heavy atom. The van der Waals surface area contributed by atoms with E-state index in [0.717, 1.165) is 25.4 Å². The molecule has 1 aromatic rings. The maximum atomic E-state index is 5.56. The third-order valence-electron chi connectivity index (χ3n) is 2.62. The van der Waals surface area contributed by atoms with Gasteiger partial charge in [-0.05, 0) is 32.4 Å². The fourth-order valence-electron chi connectivity index (χ4n) is 1.75. The van der Waals surface area contributed by atoms with Crippen molar-refractivity contribution in [1.29, 1.82) is 0 Å². The van der Waals surface area contributed by atoms with Crippen LogP contribution in [0.5, 0.6) is 6.01 Å². The fourth-order valence-corrected chi connectivity index (χ4v) is 1.75. The molecule has 0 amide bonds. The van der Waals surface area contributed by atoms with Crippen LogP contribution in [0.2, 0.25) is 0 Å². The van der Waals surface area contributed by atoms with Crippen LogP contribution in [0.3, 0.4) is 0 Å². The summed E-state index contributed by atoms with van der Waals surface area (Å²) in [4.78, 5) is 8.27. The minimum absolute atomic E-state index is 0. The third kappa shape index (κ3) is 3.94. The van der Waals surface area contributed by atoms with E-state index < -0.39 is 0 Å². The number of aromatic nitrogens is 2. The average molecular weight is 244 g/mol. The predicted molar refractivity (Wildman–Crippen MR) is 65.1 cm³/mol. The maximum absolute atomic E-state index is 5.56. The molecule has 1 unspecified atom stereocenters. The third-order valence-corrected chi connectivity index (χ3v) is 2.62.